The van der Waals surface area contributed by atoms with Gasteiger partial charge < -0.3 is 5.11 Å². The zero-order valence-corrected chi connectivity index (χ0v) is 9.24. The maximum atomic E-state index is 10.5. The molecule has 0 unspecified atom stereocenters. The fraction of sp³-hybridized carbons (Fsp3) is 0.429. The molecule has 80 valence electrons. The van der Waals surface area contributed by atoms with Gasteiger partial charge in [0.2, 0.25) is 0 Å². The predicted molar refractivity (Wildman–Crippen MR) is 63.5 cm³/mol. The van der Waals surface area contributed by atoms with Crippen LogP contribution in [0.15, 0.2) is 47.6 Å². The second kappa shape index (κ2) is 4.19. The normalized spacial score (nSPS) is 21.2. The van der Waals surface area contributed by atoms with Crippen molar-refractivity contribution in [2.75, 3.05) is 0 Å². The third-order valence-corrected chi connectivity index (χ3v) is 3.11. The maximum Gasteiger partial charge on any atom is 0.111 e. The molecule has 2 aliphatic carbocycles. The Labute approximate surface area is 91.5 Å². The molecule has 2 rings (SSSR count). The van der Waals surface area contributed by atoms with E-state index in [9.17, 15) is 5.11 Å². The van der Waals surface area contributed by atoms with Crippen LogP contribution < -0.4 is 0 Å². The maximum absolute atomic E-state index is 10.5. The molecule has 1 heteroatoms. The lowest BCUT2D eigenvalue weighted by molar-refractivity contribution is 0.144. The van der Waals surface area contributed by atoms with Gasteiger partial charge in [-0.15, -0.1) is 0 Å². The van der Waals surface area contributed by atoms with Gasteiger partial charge >= 0.3 is 0 Å². The van der Waals surface area contributed by atoms with Crippen LogP contribution in [-0.2, 0) is 0 Å². The number of allylic oxidation sites excluding steroid dienone is 4. The van der Waals surface area contributed by atoms with Gasteiger partial charge in [0, 0.05) is 0 Å². The summed E-state index contributed by atoms with van der Waals surface area (Å²) in [6, 6.07) is 0. The van der Waals surface area contributed by atoms with Crippen molar-refractivity contribution in [3.05, 3.63) is 47.6 Å². The van der Waals surface area contributed by atoms with Crippen LogP contribution in [0.25, 0.3) is 0 Å². The van der Waals surface area contributed by atoms with Gasteiger partial charge in [-0.05, 0) is 43.8 Å². The van der Waals surface area contributed by atoms with Crippen LogP contribution in [0.5, 0.6) is 0 Å². The highest BCUT2D eigenvalue weighted by Crippen LogP contribution is 2.31. The Hall–Kier alpha value is -1.08. The second-order valence-corrected chi connectivity index (χ2v) is 4.35. The van der Waals surface area contributed by atoms with Crippen molar-refractivity contribution < 1.29 is 5.11 Å². The Balaban J connectivity index is 2.25. The Morgan fingerprint density at radius 2 is 1.40 bits per heavy atom. The van der Waals surface area contributed by atoms with Crippen LogP contribution >= 0.6 is 0 Å². The summed E-state index contributed by atoms with van der Waals surface area (Å²) in [7, 11) is 0. The van der Waals surface area contributed by atoms with Gasteiger partial charge in [-0.3, -0.25) is 0 Å². The minimum atomic E-state index is -0.812. The topological polar surface area (TPSA) is 20.2 Å². The van der Waals surface area contributed by atoms with Crippen LogP contribution in [0, 0.1) is 0 Å². The summed E-state index contributed by atoms with van der Waals surface area (Å²) < 4.78 is 0. The zero-order chi connectivity index (χ0) is 10.7. The minimum Gasteiger partial charge on any atom is -0.381 e. The molecule has 0 bridgehead atoms. The van der Waals surface area contributed by atoms with Crippen molar-refractivity contribution in [3.63, 3.8) is 0 Å². The molecule has 0 amide bonds. The summed E-state index contributed by atoms with van der Waals surface area (Å²) in [6.45, 7) is 1.88. The van der Waals surface area contributed by atoms with E-state index in [1.807, 2.05) is 19.1 Å². The number of rotatable bonds is 2. The van der Waals surface area contributed by atoms with Crippen LogP contribution in [0.2, 0.25) is 0 Å². The SMILES string of the molecule is CC(O)(C1=CCCC=C1)C1=CCCC=C1. The van der Waals surface area contributed by atoms with Crippen molar-refractivity contribution >= 4 is 0 Å². The molecule has 0 aromatic heterocycles. The first-order valence-corrected chi connectivity index (χ1v) is 5.68. The molecular formula is C14H18O. The zero-order valence-electron chi connectivity index (χ0n) is 9.24. The Morgan fingerprint density at radius 1 is 0.933 bits per heavy atom. The first kappa shape index (κ1) is 10.4. The van der Waals surface area contributed by atoms with E-state index in [0.29, 0.717) is 0 Å². The van der Waals surface area contributed by atoms with E-state index < -0.39 is 5.60 Å². The minimum absolute atomic E-state index is 0.812. The Morgan fingerprint density at radius 3 is 1.73 bits per heavy atom. The highest BCUT2D eigenvalue weighted by atomic mass is 16.3. The highest BCUT2D eigenvalue weighted by molar-refractivity contribution is 5.44. The van der Waals surface area contributed by atoms with Crippen LogP contribution in [0.1, 0.15) is 32.6 Å². The molecule has 0 aliphatic heterocycles. The van der Waals surface area contributed by atoms with E-state index in [4.69, 9.17) is 0 Å². The average molecular weight is 202 g/mol. The molecule has 0 aromatic rings. The number of aliphatic hydroxyl groups is 1. The molecule has 15 heavy (non-hydrogen) atoms. The average Bonchev–Trinajstić information content (AvgIpc) is 2.31. The largest absolute Gasteiger partial charge is 0.381 e. The molecule has 0 fully saturated rings. The van der Waals surface area contributed by atoms with Crippen molar-refractivity contribution in [1.29, 1.82) is 0 Å². The second-order valence-electron chi connectivity index (χ2n) is 4.35. The molecule has 1 N–H and O–H groups in total. The van der Waals surface area contributed by atoms with Gasteiger partial charge in [-0.25, -0.2) is 0 Å². The summed E-state index contributed by atoms with van der Waals surface area (Å²) in [4.78, 5) is 0. The summed E-state index contributed by atoms with van der Waals surface area (Å²) >= 11 is 0. The predicted octanol–water partition coefficient (Wildman–Crippen LogP) is 3.29. The summed E-state index contributed by atoms with van der Waals surface area (Å²) in [6.07, 6.45) is 16.9. The fourth-order valence-corrected chi connectivity index (χ4v) is 2.12. The van der Waals surface area contributed by atoms with Crippen molar-refractivity contribution in [2.45, 2.75) is 38.2 Å². The van der Waals surface area contributed by atoms with Crippen LogP contribution in [0.4, 0.5) is 0 Å². The Kier molecular flexibility index (Phi) is 2.92. The lowest BCUT2D eigenvalue weighted by Crippen LogP contribution is -2.29. The van der Waals surface area contributed by atoms with E-state index >= 15 is 0 Å². The number of hydrogen-bond donors (Lipinski definition) is 1. The number of hydrogen-bond acceptors (Lipinski definition) is 1. The van der Waals surface area contributed by atoms with E-state index in [2.05, 4.69) is 24.3 Å². The lowest BCUT2D eigenvalue weighted by atomic mass is 9.82. The van der Waals surface area contributed by atoms with Crippen molar-refractivity contribution in [1.82, 2.24) is 0 Å². The molecule has 0 heterocycles. The third-order valence-electron chi connectivity index (χ3n) is 3.11. The van der Waals surface area contributed by atoms with Crippen LogP contribution in [-0.4, -0.2) is 10.7 Å². The van der Waals surface area contributed by atoms with Gasteiger partial charge in [0.05, 0.1) is 0 Å². The van der Waals surface area contributed by atoms with Gasteiger partial charge in [-0.1, -0.05) is 36.5 Å². The molecule has 0 saturated heterocycles. The first-order valence-electron chi connectivity index (χ1n) is 5.68. The van der Waals surface area contributed by atoms with Gasteiger partial charge in [-0.2, -0.15) is 0 Å². The summed E-state index contributed by atoms with van der Waals surface area (Å²) in [5.74, 6) is 0. The Bertz CT molecular complexity index is 320. The highest BCUT2D eigenvalue weighted by Gasteiger charge is 2.28. The van der Waals surface area contributed by atoms with Crippen molar-refractivity contribution in [3.8, 4) is 0 Å². The quantitative estimate of drug-likeness (QED) is 0.728. The summed E-state index contributed by atoms with van der Waals surface area (Å²) in [5.41, 5.74) is 1.26. The third kappa shape index (κ3) is 2.13. The molecule has 0 atom stereocenters. The van der Waals surface area contributed by atoms with E-state index in [1.165, 1.54) is 0 Å². The molecule has 0 saturated carbocycles. The van der Waals surface area contributed by atoms with Gasteiger partial charge in [0.15, 0.2) is 0 Å². The van der Waals surface area contributed by atoms with Crippen molar-refractivity contribution in [2.24, 2.45) is 0 Å². The molecule has 0 radical (unpaired) electrons. The molecule has 0 spiro atoms. The van der Waals surface area contributed by atoms with E-state index in [0.717, 1.165) is 36.8 Å². The molecule has 2 aliphatic rings. The lowest BCUT2D eigenvalue weighted by Gasteiger charge is -2.29. The van der Waals surface area contributed by atoms with E-state index in [-0.39, 0.29) is 0 Å². The molecule has 1 nitrogen and oxygen atoms in total. The van der Waals surface area contributed by atoms with Crippen LogP contribution in [0.3, 0.4) is 0 Å². The smallest absolute Gasteiger partial charge is 0.111 e. The van der Waals surface area contributed by atoms with Gasteiger partial charge in [0.25, 0.3) is 0 Å². The first-order chi connectivity index (χ1) is 7.21. The fourth-order valence-electron chi connectivity index (χ4n) is 2.12. The summed E-state index contributed by atoms with van der Waals surface area (Å²) in [5, 5.41) is 10.5. The monoisotopic (exact) mass is 202 g/mol. The molecular weight excluding hydrogens is 184 g/mol. The molecule has 0 aromatic carbocycles. The van der Waals surface area contributed by atoms with E-state index in [1.54, 1.807) is 0 Å². The standard InChI is InChI=1S/C14H18O/c1-14(15,12-8-4-2-5-9-12)13-10-6-3-7-11-13/h4,6,8-11,15H,2-3,5,7H2,1H3. The van der Waals surface area contributed by atoms with Gasteiger partial charge in [0.1, 0.15) is 5.60 Å².